The Morgan fingerprint density at radius 1 is 1.50 bits per heavy atom. The standard InChI is InChI=1S/C10H10N2OS/c1-7(6-14)10(13)12-9-5-3-2-4-8(9)11/h2-6H,1,11H2,(H,12,13). The van der Waals surface area contributed by atoms with E-state index in [1.165, 1.54) is 5.37 Å². The summed E-state index contributed by atoms with van der Waals surface area (Å²) in [6.07, 6.45) is 0. The number of anilines is 2. The van der Waals surface area contributed by atoms with Gasteiger partial charge in [0.2, 0.25) is 0 Å². The molecule has 0 heterocycles. The highest BCUT2D eigenvalue weighted by atomic mass is 32.1. The van der Waals surface area contributed by atoms with Gasteiger partial charge in [-0.3, -0.25) is 4.79 Å². The van der Waals surface area contributed by atoms with Crippen LogP contribution < -0.4 is 11.1 Å². The molecule has 0 aromatic heterocycles. The van der Waals surface area contributed by atoms with Crippen LogP contribution in [0.15, 0.2) is 36.4 Å². The number of thiocarbonyl (C=S) groups is 1. The zero-order valence-electron chi connectivity index (χ0n) is 7.49. The van der Waals surface area contributed by atoms with Gasteiger partial charge in [0.25, 0.3) is 5.91 Å². The summed E-state index contributed by atoms with van der Waals surface area (Å²) in [5.74, 6) is -0.335. The first-order valence-electron chi connectivity index (χ1n) is 3.95. The van der Waals surface area contributed by atoms with Crippen LogP contribution in [0.2, 0.25) is 0 Å². The number of hydrogen-bond donors (Lipinski definition) is 2. The first-order chi connectivity index (χ1) is 6.65. The van der Waals surface area contributed by atoms with Crippen molar-refractivity contribution in [2.24, 2.45) is 0 Å². The third kappa shape index (κ3) is 2.40. The number of nitrogen functional groups attached to an aromatic ring is 1. The van der Waals surface area contributed by atoms with Gasteiger partial charge in [0.1, 0.15) is 0 Å². The van der Waals surface area contributed by atoms with Gasteiger partial charge in [-0.15, -0.1) is 0 Å². The fourth-order valence-electron chi connectivity index (χ4n) is 0.867. The van der Waals surface area contributed by atoms with Gasteiger partial charge in [-0.2, -0.15) is 0 Å². The van der Waals surface area contributed by atoms with Crippen LogP contribution in [0.25, 0.3) is 0 Å². The predicted octanol–water partition coefficient (Wildman–Crippen LogP) is 1.76. The lowest BCUT2D eigenvalue weighted by atomic mass is 10.2. The minimum Gasteiger partial charge on any atom is -0.397 e. The van der Waals surface area contributed by atoms with Crippen molar-refractivity contribution in [3.05, 3.63) is 36.4 Å². The average molecular weight is 206 g/mol. The van der Waals surface area contributed by atoms with Gasteiger partial charge in [0, 0.05) is 10.9 Å². The first-order valence-corrected chi connectivity index (χ1v) is 4.42. The molecule has 0 saturated heterocycles. The van der Waals surface area contributed by atoms with Crippen molar-refractivity contribution in [1.29, 1.82) is 0 Å². The Hall–Kier alpha value is -1.68. The number of nitrogens with one attached hydrogen (secondary N) is 1. The first kappa shape index (κ1) is 10.4. The molecule has 0 saturated carbocycles. The molecule has 14 heavy (non-hydrogen) atoms. The predicted molar refractivity (Wildman–Crippen MR) is 62.3 cm³/mol. The van der Waals surface area contributed by atoms with E-state index >= 15 is 0 Å². The second-order valence-electron chi connectivity index (χ2n) is 2.68. The Balaban J connectivity index is 2.79. The summed E-state index contributed by atoms with van der Waals surface area (Å²) in [5, 5.41) is 3.83. The number of nitrogens with two attached hydrogens (primary N) is 1. The van der Waals surface area contributed by atoms with E-state index in [9.17, 15) is 4.79 Å². The van der Waals surface area contributed by atoms with Crippen LogP contribution in [-0.2, 0) is 4.79 Å². The van der Waals surface area contributed by atoms with Crippen LogP contribution in [-0.4, -0.2) is 11.3 Å². The quantitative estimate of drug-likeness (QED) is 0.450. The van der Waals surface area contributed by atoms with Gasteiger partial charge in [0.15, 0.2) is 0 Å². The summed E-state index contributed by atoms with van der Waals surface area (Å²) in [4.78, 5) is 11.3. The molecule has 3 nitrogen and oxygen atoms in total. The minimum absolute atomic E-state index is 0.239. The molecule has 0 fully saturated rings. The molecule has 1 aromatic rings. The molecule has 0 atom stereocenters. The van der Waals surface area contributed by atoms with Crippen molar-refractivity contribution in [3.8, 4) is 0 Å². The van der Waals surface area contributed by atoms with Crippen molar-refractivity contribution < 1.29 is 4.79 Å². The summed E-state index contributed by atoms with van der Waals surface area (Å²) in [7, 11) is 0. The SMILES string of the molecule is C=C(C=S)C(=O)Nc1ccccc1N. The van der Waals surface area contributed by atoms with E-state index in [4.69, 9.17) is 5.73 Å². The Morgan fingerprint density at radius 2 is 2.14 bits per heavy atom. The molecule has 1 aromatic carbocycles. The lowest BCUT2D eigenvalue weighted by Crippen LogP contribution is -2.14. The minimum atomic E-state index is -0.335. The molecule has 72 valence electrons. The van der Waals surface area contributed by atoms with Gasteiger partial charge < -0.3 is 11.1 Å². The van der Waals surface area contributed by atoms with E-state index in [1.54, 1.807) is 24.3 Å². The number of carbonyl (C=O) groups excluding carboxylic acids is 1. The zero-order chi connectivity index (χ0) is 10.6. The maximum atomic E-state index is 11.3. The van der Waals surface area contributed by atoms with Gasteiger partial charge in [-0.05, 0) is 12.1 Å². The molecule has 0 radical (unpaired) electrons. The summed E-state index contributed by atoms with van der Waals surface area (Å²) in [6.45, 7) is 3.49. The highest BCUT2D eigenvalue weighted by molar-refractivity contribution is 7.79. The fourth-order valence-corrected chi connectivity index (χ4v) is 0.974. The van der Waals surface area contributed by atoms with Crippen LogP contribution >= 0.6 is 12.2 Å². The van der Waals surface area contributed by atoms with E-state index in [1.807, 2.05) is 0 Å². The average Bonchev–Trinajstić information content (AvgIpc) is 2.20. The molecular weight excluding hydrogens is 196 g/mol. The summed E-state index contributed by atoms with van der Waals surface area (Å²) in [6, 6.07) is 6.99. The van der Waals surface area contributed by atoms with E-state index in [2.05, 4.69) is 24.1 Å². The van der Waals surface area contributed by atoms with Gasteiger partial charge >= 0.3 is 0 Å². The molecule has 4 heteroatoms. The number of hydrogen-bond acceptors (Lipinski definition) is 3. The topological polar surface area (TPSA) is 55.1 Å². The third-order valence-corrected chi connectivity index (χ3v) is 1.93. The van der Waals surface area contributed by atoms with Crippen LogP contribution in [0, 0.1) is 0 Å². The van der Waals surface area contributed by atoms with Crippen molar-refractivity contribution in [2.75, 3.05) is 11.1 Å². The van der Waals surface area contributed by atoms with Crippen LogP contribution in [0.5, 0.6) is 0 Å². The number of para-hydroxylation sites is 2. The maximum absolute atomic E-state index is 11.3. The number of amides is 1. The Labute approximate surface area is 87.6 Å². The molecule has 0 aliphatic heterocycles. The zero-order valence-corrected chi connectivity index (χ0v) is 8.30. The lowest BCUT2D eigenvalue weighted by Gasteiger charge is -2.06. The lowest BCUT2D eigenvalue weighted by molar-refractivity contribution is -0.112. The van der Waals surface area contributed by atoms with E-state index in [-0.39, 0.29) is 11.5 Å². The van der Waals surface area contributed by atoms with E-state index in [0.717, 1.165) is 0 Å². The number of carbonyl (C=O) groups is 1. The second-order valence-corrected chi connectivity index (χ2v) is 2.92. The number of rotatable bonds is 3. The van der Waals surface area contributed by atoms with Crippen molar-refractivity contribution >= 4 is 34.9 Å². The molecule has 3 N–H and O–H groups in total. The van der Waals surface area contributed by atoms with E-state index < -0.39 is 0 Å². The molecule has 0 unspecified atom stereocenters. The highest BCUT2D eigenvalue weighted by Crippen LogP contribution is 2.16. The summed E-state index contributed by atoms with van der Waals surface area (Å²) < 4.78 is 0. The Morgan fingerprint density at radius 3 is 2.71 bits per heavy atom. The van der Waals surface area contributed by atoms with Crippen molar-refractivity contribution in [3.63, 3.8) is 0 Å². The molecule has 0 bridgehead atoms. The van der Waals surface area contributed by atoms with Gasteiger partial charge in [-0.1, -0.05) is 30.9 Å². The Kier molecular flexibility index (Phi) is 3.36. The Bertz CT molecular complexity index is 387. The summed E-state index contributed by atoms with van der Waals surface area (Å²) >= 11 is 4.58. The smallest absolute Gasteiger partial charge is 0.255 e. The monoisotopic (exact) mass is 206 g/mol. The normalized spacial score (nSPS) is 9.14. The van der Waals surface area contributed by atoms with Crippen molar-refractivity contribution in [1.82, 2.24) is 0 Å². The van der Waals surface area contributed by atoms with E-state index in [0.29, 0.717) is 11.4 Å². The molecule has 0 spiro atoms. The van der Waals surface area contributed by atoms with Gasteiger partial charge in [0.05, 0.1) is 11.4 Å². The molecule has 0 aliphatic rings. The largest absolute Gasteiger partial charge is 0.397 e. The van der Waals surface area contributed by atoms with Crippen LogP contribution in [0.1, 0.15) is 0 Å². The molecule has 1 amide bonds. The molecule has 1 rings (SSSR count). The highest BCUT2D eigenvalue weighted by Gasteiger charge is 2.05. The molecular formula is C10H10N2OS. The number of benzene rings is 1. The third-order valence-electron chi connectivity index (χ3n) is 1.64. The fraction of sp³-hybridized carbons (Fsp3) is 0. The molecule has 0 aliphatic carbocycles. The van der Waals surface area contributed by atoms with Crippen LogP contribution in [0.3, 0.4) is 0 Å². The summed E-state index contributed by atoms with van der Waals surface area (Å²) in [5.41, 5.74) is 6.95. The van der Waals surface area contributed by atoms with Crippen molar-refractivity contribution in [2.45, 2.75) is 0 Å². The second kappa shape index (κ2) is 4.53. The van der Waals surface area contributed by atoms with Gasteiger partial charge in [-0.25, -0.2) is 0 Å². The maximum Gasteiger partial charge on any atom is 0.255 e. The van der Waals surface area contributed by atoms with Crippen LogP contribution in [0.4, 0.5) is 11.4 Å².